The summed E-state index contributed by atoms with van der Waals surface area (Å²) in [4.78, 5) is 22.2. The zero-order valence-corrected chi connectivity index (χ0v) is 17.3. The van der Waals surface area contributed by atoms with Crippen molar-refractivity contribution in [1.82, 2.24) is 4.90 Å². The van der Waals surface area contributed by atoms with E-state index in [4.69, 9.17) is 4.99 Å². The van der Waals surface area contributed by atoms with Gasteiger partial charge in [-0.3, -0.25) is 9.69 Å². The normalized spacial score (nSPS) is 17.2. The summed E-state index contributed by atoms with van der Waals surface area (Å²) in [6, 6.07) is 14.3. The van der Waals surface area contributed by atoms with Crippen molar-refractivity contribution in [2.24, 2.45) is 4.99 Å². The van der Waals surface area contributed by atoms with E-state index < -0.39 is 0 Å². The van der Waals surface area contributed by atoms with E-state index in [1.54, 1.807) is 4.90 Å². The van der Waals surface area contributed by atoms with E-state index >= 15 is 0 Å². The minimum Gasteiger partial charge on any atom is -0.378 e. The lowest BCUT2D eigenvalue weighted by Crippen LogP contribution is -2.28. The van der Waals surface area contributed by atoms with Gasteiger partial charge in [0, 0.05) is 26.3 Å². The van der Waals surface area contributed by atoms with Crippen molar-refractivity contribution < 1.29 is 4.79 Å². The molecule has 1 aliphatic heterocycles. The lowest BCUT2D eigenvalue weighted by atomic mass is 10.1. The predicted molar refractivity (Wildman–Crippen MR) is 117 cm³/mol. The third kappa shape index (κ3) is 4.08. The molecule has 5 heteroatoms. The van der Waals surface area contributed by atoms with Crippen LogP contribution in [0.4, 0.5) is 11.4 Å². The minimum absolute atomic E-state index is 0.0178. The molecule has 0 bridgehead atoms. The predicted octanol–water partition coefficient (Wildman–Crippen LogP) is 4.99. The number of aryl methyl sites for hydroxylation is 2. The molecule has 27 heavy (non-hydrogen) atoms. The second kappa shape index (κ2) is 8.01. The van der Waals surface area contributed by atoms with Crippen LogP contribution in [0.2, 0.25) is 0 Å². The molecule has 0 aromatic heterocycles. The Kier molecular flexibility index (Phi) is 5.71. The Hall–Kier alpha value is -2.53. The van der Waals surface area contributed by atoms with Crippen molar-refractivity contribution in [2.75, 3.05) is 25.5 Å². The number of thioether (sulfide) groups is 1. The standard InChI is InChI=1S/C22H25N3OS/c1-6-25-21(26)19(14-17-10-12-18(13-11-17)24(4)5)27-22(25)23-20-15(2)8-7-9-16(20)3/h7-14H,6H2,1-5H3/b19-14+,23-22?. The quantitative estimate of drug-likeness (QED) is 0.702. The summed E-state index contributed by atoms with van der Waals surface area (Å²) in [5, 5.41) is 0.746. The first-order valence-electron chi connectivity index (χ1n) is 9.04. The Morgan fingerprint density at radius 3 is 2.26 bits per heavy atom. The summed E-state index contributed by atoms with van der Waals surface area (Å²) in [5.41, 5.74) is 5.32. The van der Waals surface area contributed by atoms with Crippen LogP contribution in [0.3, 0.4) is 0 Å². The van der Waals surface area contributed by atoms with E-state index in [0.29, 0.717) is 11.4 Å². The van der Waals surface area contributed by atoms with Crippen LogP contribution in [0, 0.1) is 13.8 Å². The molecule has 0 atom stereocenters. The van der Waals surface area contributed by atoms with Crippen molar-refractivity contribution in [3.63, 3.8) is 0 Å². The van der Waals surface area contributed by atoms with Crippen LogP contribution in [0.5, 0.6) is 0 Å². The molecule has 140 valence electrons. The number of aliphatic imine (C=N–C) groups is 1. The monoisotopic (exact) mass is 379 g/mol. The van der Waals surface area contributed by atoms with Gasteiger partial charge in [0.25, 0.3) is 5.91 Å². The molecule has 3 rings (SSSR count). The SMILES string of the molecule is CCN1C(=O)/C(=C\c2ccc(N(C)C)cc2)SC1=Nc1c(C)cccc1C. The van der Waals surface area contributed by atoms with Crippen LogP contribution in [0.25, 0.3) is 6.08 Å². The van der Waals surface area contributed by atoms with Gasteiger partial charge in [-0.25, -0.2) is 4.99 Å². The number of anilines is 1. The van der Waals surface area contributed by atoms with Gasteiger partial charge in [0.1, 0.15) is 0 Å². The van der Waals surface area contributed by atoms with E-state index in [9.17, 15) is 4.79 Å². The van der Waals surface area contributed by atoms with Crippen LogP contribution < -0.4 is 4.90 Å². The molecule has 2 aromatic carbocycles. The summed E-state index contributed by atoms with van der Waals surface area (Å²) in [7, 11) is 4.03. The Bertz CT molecular complexity index is 893. The number of carbonyl (C=O) groups excluding carboxylic acids is 1. The largest absolute Gasteiger partial charge is 0.378 e. The molecule has 0 N–H and O–H groups in total. The Morgan fingerprint density at radius 1 is 1.07 bits per heavy atom. The van der Waals surface area contributed by atoms with E-state index in [-0.39, 0.29) is 5.91 Å². The van der Waals surface area contributed by atoms with Crippen LogP contribution >= 0.6 is 11.8 Å². The van der Waals surface area contributed by atoms with Crippen molar-refractivity contribution in [2.45, 2.75) is 20.8 Å². The summed E-state index contributed by atoms with van der Waals surface area (Å²) in [6.07, 6.45) is 1.95. The molecule has 0 aliphatic carbocycles. The van der Waals surface area contributed by atoms with E-state index in [2.05, 4.69) is 17.0 Å². The molecule has 0 unspecified atom stereocenters. The summed E-state index contributed by atoms with van der Waals surface area (Å²) < 4.78 is 0. The number of likely N-dealkylation sites (N-methyl/N-ethyl adjacent to an activating group) is 1. The average Bonchev–Trinajstić information content (AvgIpc) is 2.93. The van der Waals surface area contributed by atoms with Crippen molar-refractivity contribution >= 4 is 40.3 Å². The number of benzene rings is 2. The van der Waals surface area contributed by atoms with Gasteiger partial charge >= 0.3 is 0 Å². The lowest BCUT2D eigenvalue weighted by molar-refractivity contribution is -0.122. The van der Waals surface area contributed by atoms with Crippen LogP contribution in [0.1, 0.15) is 23.6 Å². The van der Waals surface area contributed by atoms with Gasteiger partial charge < -0.3 is 4.90 Å². The second-order valence-corrected chi connectivity index (χ2v) is 7.79. The molecule has 2 aromatic rings. The first-order chi connectivity index (χ1) is 12.9. The summed E-state index contributed by atoms with van der Waals surface area (Å²) in [6.45, 7) is 6.68. The van der Waals surface area contributed by atoms with Gasteiger partial charge in [-0.05, 0) is 67.4 Å². The molecule has 1 heterocycles. The highest BCUT2D eigenvalue weighted by molar-refractivity contribution is 8.18. The highest BCUT2D eigenvalue weighted by atomic mass is 32.2. The van der Waals surface area contributed by atoms with Crippen LogP contribution in [-0.2, 0) is 4.79 Å². The fourth-order valence-corrected chi connectivity index (χ4v) is 4.02. The van der Waals surface area contributed by atoms with Crippen molar-refractivity contribution in [1.29, 1.82) is 0 Å². The smallest absolute Gasteiger partial charge is 0.266 e. The molecule has 1 saturated heterocycles. The third-order valence-electron chi connectivity index (χ3n) is 4.56. The molecular formula is C22H25N3OS. The number of para-hydroxylation sites is 1. The van der Waals surface area contributed by atoms with E-state index in [0.717, 1.165) is 33.2 Å². The minimum atomic E-state index is 0.0178. The summed E-state index contributed by atoms with van der Waals surface area (Å²) in [5.74, 6) is 0.0178. The number of amidine groups is 1. The fourth-order valence-electron chi connectivity index (χ4n) is 2.97. The Labute approximate surface area is 165 Å². The molecule has 1 fully saturated rings. The fraction of sp³-hybridized carbons (Fsp3) is 0.273. The van der Waals surface area contributed by atoms with E-state index in [1.807, 2.05) is 71.3 Å². The van der Waals surface area contributed by atoms with Crippen LogP contribution in [0.15, 0.2) is 52.4 Å². The molecule has 0 saturated carbocycles. The zero-order valence-electron chi connectivity index (χ0n) is 16.5. The number of amides is 1. The van der Waals surface area contributed by atoms with Gasteiger partial charge in [-0.2, -0.15) is 0 Å². The topological polar surface area (TPSA) is 35.9 Å². The first kappa shape index (κ1) is 19.2. The number of nitrogens with zero attached hydrogens (tertiary/aromatic N) is 3. The van der Waals surface area contributed by atoms with E-state index in [1.165, 1.54) is 11.8 Å². The average molecular weight is 380 g/mol. The maximum Gasteiger partial charge on any atom is 0.266 e. The van der Waals surface area contributed by atoms with Gasteiger partial charge in [0.2, 0.25) is 0 Å². The third-order valence-corrected chi connectivity index (χ3v) is 5.57. The van der Waals surface area contributed by atoms with Gasteiger partial charge in [0.05, 0.1) is 10.6 Å². The van der Waals surface area contributed by atoms with Crippen molar-refractivity contribution in [3.8, 4) is 0 Å². The molecule has 1 aliphatic rings. The highest BCUT2D eigenvalue weighted by Crippen LogP contribution is 2.35. The second-order valence-electron chi connectivity index (χ2n) is 6.78. The molecule has 0 spiro atoms. The molecule has 1 amide bonds. The lowest BCUT2D eigenvalue weighted by Gasteiger charge is -2.13. The number of hydrogen-bond acceptors (Lipinski definition) is 4. The number of rotatable bonds is 4. The van der Waals surface area contributed by atoms with Gasteiger partial charge in [0.15, 0.2) is 5.17 Å². The van der Waals surface area contributed by atoms with Gasteiger partial charge in [-0.1, -0.05) is 30.3 Å². The molecule has 4 nitrogen and oxygen atoms in total. The maximum absolute atomic E-state index is 12.8. The van der Waals surface area contributed by atoms with Gasteiger partial charge in [-0.15, -0.1) is 0 Å². The number of hydrogen-bond donors (Lipinski definition) is 0. The van der Waals surface area contributed by atoms with Crippen molar-refractivity contribution in [3.05, 3.63) is 64.1 Å². The first-order valence-corrected chi connectivity index (χ1v) is 9.86. The zero-order chi connectivity index (χ0) is 19.6. The maximum atomic E-state index is 12.8. The number of carbonyl (C=O) groups is 1. The highest BCUT2D eigenvalue weighted by Gasteiger charge is 2.32. The molecule has 0 radical (unpaired) electrons. The summed E-state index contributed by atoms with van der Waals surface area (Å²) >= 11 is 1.45. The Morgan fingerprint density at radius 2 is 1.70 bits per heavy atom. The molecular weight excluding hydrogens is 354 g/mol. The van der Waals surface area contributed by atoms with Crippen LogP contribution in [-0.4, -0.2) is 36.6 Å². The Balaban J connectivity index is 1.93.